The topological polar surface area (TPSA) is 72.2 Å². The van der Waals surface area contributed by atoms with E-state index in [4.69, 9.17) is 5.73 Å². The van der Waals surface area contributed by atoms with E-state index in [2.05, 4.69) is 5.32 Å². The molecule has 1 atom stereocenters. The average molecular weight is 260 g/mol. The fourth-order valence-electron chi connectivity index (χ4n) is 1.57. The van der Waals surface area contributed by atoms with E-state index in [1.807, 2.05) is 0 Å². The van der Waals surface area contributed by atoms with E-state index in [-0.39, 0.29) is 17.1 Å². The van der Waals surface area contributed by atoms with Gasteiger partial charge < -0.3 is 11.1 Å². The Morgan fingerprint density at radius 1 is 1.35 bits per heavy atom. The van der Waals surface area contributed by atoms with Crippen LogP contribution in [0.3, 0.4) is 0 Å². The first-order valence-electron chi connectivity index (χ1n) is 4.79. The van der Waals surface area contributed by atoms with Crippen LogP contribution in [0.5, 0.6) is 0 Å². The van der Waals surface area contributed by atoms with Crippen LogP contribution < -0.4 is 11.1 Å². The first kappa shape index (κ1) is 11.8. The first-order chi connectivity index (χ1) is 7.87. The lowest BCUT2D eigenvalue weighted by atomic mass is 10.2. The van der Waals surface area contributed by atoms with Crippen LogP contribution in [-0.2, 0) is 9.84 Å². The smallest absolute Gasteiger partial charge is 0.173 e. The molecule has 0 aliphatic carbocycles. The van der Waals surface area contributed by atoms with Crippen molar-refractivity contribution in [3.8, 4) is 0 Å². The Labute approximate surface area is 97.0 Å². The third-order valence-electron chi connectivity index (χ3n) is 2.37. The van der Waals surface area contributed by atoms with E-state index >= 15 is 0 Å². The van der Waals surface area contributed by atoms with Crippen LogP contribution in [0.4, 0.5) is 20.2 Å². The van der Waals surface area contributed by atoms with Crippen LogP contribution in [0.15, 0.2) is 23.6 Å². The van der Waals surface area contributed by atoms with Crippen molar-refractivity contribution >= 4 is 21.2 Å². The van der Waals surface area contributed by atoms with Crippen LogP contribution >= 0.6 is 0 Å². The fraction of sp³-hybridized carbons (Fsp3) is 0.200. The number of hydrogen-bond donors (Lipinski definition) is 2. The van der Waals surface area contributed by atoms with Crippen molar-refractivity contribution in [2.24, 2.45) is 0 Å². The summed E-state index contributed by atoms with van der Waals surface area (Å²) in [6.45, 7) is 0. The van der Waals surface area contributed by atoms with Gasteiger partial charge in [-0.05, 0) is 6.07 Å². The van der Waals surface area contributed by atoms with Gasteiger partial charge in [0.2, 0.25) is 0 Å². The van der Waals surface area contributed by atoms with Crippen molar-refractivity contribution in [3.63, 3.8) is 0 Å². The monoisotopic (exact) mass is 260 g/mol. The van der Waals surface area contributed by atoms with Gasteiger partial charge in [-0.2, -0.15) is 0 Å². The zero-order chi connectivity index (χ0) is 12.6. The van der Waals surface area contributed by atoms with Gasteiger partial charge in [-0.15, -0.1) is 0 Å². The summed E-state index contributed by atoms with van der Waals surface area (Å²) in [5.74, 6) is -1.80. The predicted octanol–water partition coefficient (Wildman–Crippen LogP) is 1.27. The molecule has 0 amide bonds. The van der Waals surface area contributed by atoms with Gasteiger partial charge in [0, 0.05) is 11.5 Å². The van der Waals surface area contributed by atoms with Crippen LogP contribution in [-0.4, -0.2) is 20.2 Å². The Hall–Kier alpha value is -1.63. The van der Waals surface area contributed by atoms with E-state index in [1.165, 1.54) is 6.08 Å². The lowest BCUT2D eigenvalue weighted by Crippen LogP contribution is -2.21. The average Bonchev–Trinajstić information content (AvgIpc) is 2.54. The van der Waals surface area contributed by atoms with Gasteiger partial charge >= 0.3 is 0 Å². The normalized spacial score (nSPS) is 21.6. The maximum absolute atomic E-state index is 13.1. The van der Waals surface area contributed by atoms with Crippen molar-refractivity contribution in [3.05, 3.63) is 35.3 Å². The van der Waals surface area contributed by atoms with Crippen molar-refractivity contribution in [2.45, 2.75) is 6.04 Å². The van der Waals surface area contributed by atoms with Gasteiger partial charge in [0.25, 0.3) is 0 Å². The molecule has 17 heavy (non-hydrogen) atoms. The number of sulfone groups is 1. The third-order valence-corrected chi connectivity index (χ3v) is 3.76. The molecule has 1 heterocycles. The number of benzene rings is 1. The Kier molecular flexibility index (Phi) is 2.78. The zero-order valence-corrected chi connectivity index (χ0v) is 9.47. The highest BCUT2D eigenvalue weighted by Crippen LogP contribution is 2.25. The highest BCUT2D eigenvalue weighted by molar-refractivity contribution is 7.94. The summed E-state index contributed by atoms with van der Waals surface area (Å²) in [5.41, 5.74) is 5.24. The Bertz CT molecular complexity index is 584. The second-order valence-electron chi connectivity index (χ2n) is 3.76. The third kappa shape index (κ3) is 2.55. The van der Waals surface area contributed by atoms with Crippen molar-refractivity contribution in [1.29, 1.82) is 0 Å². The Morgan fingerprint density at radius 2 is 2.06 bits per heavy atom. The van der Waals surface area contributed by atoms with Gasteiger partial charge in [-0.3, -0.25) is 0 Å². The second kappa shape index (κ2) is 3.99. The van der Waals surface area contributed by atoms with Crippen molar-refractivity contribution in [1.82, 2.24) is 0 Å². The zero-order valence-electron chi connectivity index (χ0n) is 8.65. The van der Waals surface area contributed by atoms with Gasteiger partial charge in [0.15, 0.2) is 15.7 Å². The van der Waals surface area contributed by atoms with E-state index < -0.39 is 27.5 Å². The molecular formula is C10H10F2N2O2S. The van der Waals surface area contributed by atoms with E-state index in [9.17, 15) is 17.2 Å². The molecule has 92 valence electrons. The molecule has 1 aromatic rings. The quantitative estimate of drug-likeness (QED) is 0.785. The number of hydrogen-bond acceptors (Lipinski definition) is 4. The maximum atomic E-state index is 13.1. The molecule has 1 aliphatic heterocycles. The standard InChI is InChI=1S/C10H10F2N2O2S/c11-6-3-8(12)10(13)9(4-6)14-7-1-2-17(15,16)5-7/h1-4,7,14H,5,13H2. The van der Waals surface area contributed by atoms with Crippen LogP contribution in [0.25, 0.3) is 0 Å². The SMILES string of the molecule is Nc1c(F)cc(F)cc1NC1C=CS(=O)(=O)C1. The maximum Gasteiger partial charge on any atom is 0.173 e. The minimum absolute atomic E-state index is 0.0502. The minimum atomic E-state index is -3.22. The molecule has 0 saturated carbocycles. The number of rotatable bonds is 2. The van der Waals surface area contributed by atoms with Gasteiger partial charge in [-0.1, -0.05) is 6.08 Å². The second-order valence-corrected chi connectivity index (χ2v) is 5.69. The Balaban J connectivity index is 2.23. The number of halogens is 2. The molecule has 0 radical (unpaired) electrons. The molecule has 4 nitrogen and oxygen atoms in total. The molecule has 0 aromatic heterocycles. The molecule has 0 fully saturated rings. The molecule has 2 rings (SSSR count). The first-order valence-corrected chi connectivity index (χ1v) is 6.51. The molecule has 7 heteroatoms. The minimum Gasteiger partial charge on any atom is -0.395 e. The molecule has 0 spiro atoms. The summed E-state index contributed by atoms with van der Waals surface area (Å²) in [7, 11) is -3.22. The summed E-state index contributed by atoms with van der Waals surface area (Å²) in [6.07, 6.45) is 1.41. The number of nitrogen functional groups attached to an aromatic ring is 1. The van der Waals surface area contributed by atoms with Crippen LogP contribution in [0.1, 0.15) is 0 Å². The number of anilines is 2. The fourth-order valence-corrected chi connectivity index (χ4v) is 2.80. The van der Waals surface area contributed by atoms with Gasteiger partial charge in [0.05, 0.1) is 23.2 Å². The van der Waals surface area contributed by atoms with E-state index in [0.29, 0.717) is 6.07 Å². The summed E-state index contributed by atoms with van der Waals surface area (Å²) in [5, 5.41) is 3.74. The van der Waals surface area contributed by atoms with Crippen LogP contribution in [0.2, 0.25) is 0 Å². The highest BCUT2D eigenvalue weighted by atomic mass is 32.2. The van der Waals surface area contributed by atoms with E-state index in [0.717, 1.165) is 11.5 Å². The summed E-state index contributed by atoms with van der Waals surface area (Å²) < 4.78 is 48.4. The van der Waals surface area contributed by atoms with Crippen LogP contribution in [0, 0.1) is 11.6 Å². The highest BCUT2D eigenvalue weighted by Gasteiger charge is 2.22. The summed E-state index contributed by atoms with van der Waals surface area (Å²) in [4.78, 5) is 0. The molecule has 1 unspecified atom stereocenters. The van der Waals surface area contributed by atoms with Crippen molar-refractivity contribution < 1.29 is 17.2 Å². The van der Waals surface area contributed by atoms with Gasteiger partial charge in [0.1, 0.15) is 5.82 Å². The Morgan fingerprint density at radius 3 is 2.65 bits per heavy atom. The summed E-state index contributed by atoms with van der Waals surface area (Å²) >= 11 is 0. The molecule has 0 bridgehead atoms. The molecule has 1 aliphatic rings. The van der Waals surface area contributed by atoms with Crippen molar-refractivity contribution in [2.75, 3.05) is 16.8 Å². The largest absolute Gasteiger partial charge is 0.395 e. The lowest BCUT2D eigenvalue weighted by molar-refractivity contribution is 0.587. The molecular weight excluding hydrogens is 250 g/mol. The molecule has 0 saturated heterocycles. The summed E-state index contributed by atoms with van der Waals surface area (Å²) in [6, 6.07) is 1.17. The molecule has 3 N–H and O–H groups in total. The predicted molar refractivity (Wildman–Crippen MR) is 61.1 cm³/mol. The van der Waals surface area contributed by atoms with Gasteiger partial charge in [-0.25, -0.2) is 17.2 Å². The molecule has 1 aromatic carbocycles. The number of nitrogens with two attached hydrogens (primary N) is 1. The lowest BCUT2D eigenvalue weighted by Gasteiger charge is -2.14. The number of nitrogens with one attached hydrogen (secondary N) is 1. The van der Waals surface area contributed by atoms with E-state index in [1.54, 1.807) is 0 Å².